The Balaban J connectivity index is 2.71. The first-order valence-electron chi connectivity index (χ1n) is 6.80. The lowest BCUT2D eigenvalue weighted by molar-refractivity contribution is 0.412. The smallest absolute Gasteiger partial charge is 0.133 e. The maximum atomic E-state index is 5.24. The van der Waals surface area contributed by atoms with E-state index in [9.17, 15) is 0 Å². The molecule has 0 aliphatic rings. The molecule has 0 radical (unpaired) electrons. The van der Waals surface area contributed by atoms with Gasteiger partial charge in [0.2, 0.25) is 0 Å². The average molecular weight is 326 g/mol. The number of hydrogen-bond donors (Lipinski definition) is 1. The lowest BCUT2D eigenvalue weighted by Gasteiger charge is -2.10. The summed E-state index contributed by atoms with van der Waals surface area (Å²) in [5.41, 5.74) is 2.62. The van der Waals surface area contributed by atoms with E-state index in [2.05, 4.69) is 60.2 Å². The second kappa shape index (κ2) is 8.39. The summed E-state index contributed by atoms with van der Waals surface area (Å²) in [7, 11) is 1.68. The van der Waals surface area contributed by atoms with Crippen LogP contribution in [0.4, 0.5) is 0 Å². The van der Waals surface area contributed by atoms with Gasteiger partial charge in [-0.1, -0.05) is 38.5 Å². The summed E-state index contributed by atoms with van der Waals surface area (Å²) in [5.74, 6) is 1.56. The lowest BCUT2D eigenvalue weighted by atomic mass is 10.1. The van der Waals surface area contributed by atoms with Crippen molar-refractivity contribution in [3.05, 3.63) is 33.8 Å². The molecule has 0 aromatic heterocycles. The summed E-state index contributed by atoms with van der Waals surface area (Å²) in [6, 6.07) is 6.17. The van der Waals surface area contributed by atoms with Crippen molar-refractivity contribution in [1.82, 2.24) is 5.32 Å². The minimum Gasteiger partial charge on any atom is -0.496 e. The van der Waals surface area contributed by atoms with Gasteiger partial charge in [0, 0.05) is 6.54 Å². The summed E-state index contributed by atoms with van der Waals surface area (Å²) in [6.07, 6.45) is 3.31. The van der Waals surface area contributed by atoms with Crippen molar-refractivity contribution in [3.8, 4) is 5.75 Å². The molecule has 0 atom stereocenters. The van der Waals surface area contributed by atoms with Crippen molar-refractivity contribution in [3.63, 3.8) is 0 Å². The third-order valence-corrected chi connectivity index (χ3v) is 3.53. The van der Waals surface area contributed by atoms with Crippen LogP contribution in [0.2, 0.25) is 0 Å². The van der Waals surface area contributed by atoms with Gasteiger partial charge in [-0.2, -0.15) is 0 Å². The van der Waals surface area contributed by atoms with Crippen LogP contribution in [0.5, 0.6) is 5.75 Å². The number of nitrogens with one attached hydrogen (secondary N) is 1. The molecule has 0 saturated carbocycles. The third kappa shape index (κ3) is 5.79. The number of rotatable bonds is 7. The van der Waals surface area contributed by atoms with Crippen LogP contribution in [0.3, 0.4) is 0 Å². The van der Waals surface area contributed by atoms with Gasteiger partial charge in [-0.15, -0.1) is 0 Å². The molecule has 0 fully saturated rings. The highest BCUT2D eigenvalue weighted by Gasteiger charge is 2.01. The first-order chi connectivity index (χ1) is 9.06. The molecule has 2 nitrogen and oxygen atoms in total. The molecule has 0 aliphatic heterocycles. The Kier molecular flexibility index (Phi) is 7.17. The number of methoxy groups -OCH3 is 1. The number of ether oxygens (including phenoxy) is 1. The van der Waals surface area contributed by atoms with E-state index in [-0.39, 0.29) is 0 Å². The quantitative estimate of drug-likeness (QED) is 0.797. The Labute approximate surface area is 125 Å². The van der Waals surface area contributed by atoms with Crippen molar-refractivity contribution in [2.75, 3.05) is 20.2 Å². The summed E-state index contributed by atoms with van der Waals surface area (Å²) in [4.78, 5) is 0. The fraction of sp³-hybridized carbons (Fsp3) is 0.500. The van der Waals surface area contributed by atoms with E-state index in [0.717, 1.165) is 29.7 Å². The van der Waals surface area contributed by atoms with Crippen molar-refractivity contribution >= 4 is 22.0 Å². The summed E-state index contributed by atoms with van der Waals surface area (Å²) in [6.45, 7) is 8.66. The molecule has 1 aromatic rings. The van der Waals surface area contributed by atoms with Gasteiger partial charge in [-0.3, -0.25) is 0 Å². The number of halogens is 1. The monoisotopic (exact) mass is 325 g/mol. The maximum absolute atomic E-state index is 5.24. The van der Waals surface area contributed by atoms with Gasteiger partial charge in [0.05, 0.1) is 11.6 Å². The van der Waals surface area contributed by atoms with Crippen molar-refractivity contribution < 1.29 is 4.74 Å². The van der Waals surface area contributed by atoms with Gasteiger partial charge in [-0.25, -0.2) is 0 Å². The highest BCUT2D eigenvalue weighted by atomic mass is 79.9. The van der Waals surface area contributed by atoms with Gasteiger partial charge >= 0.3 is 0 Å². The van der Waals surface area contributed by atoms with Gasteiger partial charge in [0.25, 0.3) is 0 Å². The zero-order valence-corrected chi connectivity index (χ0v) is 13.9. The van der Waals surface area contributed by atoms with Gasteiger partial charge in [0.15, 0.2) is 0 Å². The molecule has 19 heavy (non-hydrogen) atoms. The van der Waals surface area contributed by atoms with E-state index < -0.39 is 0 Å². The molecule has 1 N–H and O–H groups in total. The van der Waals surface area contributed by atoms with Gasteiger partial charge in [0.1, 0.15) is 5.75 Å². The molecule has 0 amide bonds. The lowest BCUT2D eigenvalue weighted by Crippen LogP contribution is -2.21. The summed E-state index contributed by atoms with van der Waals surface area (Å²) < 4.78 is 6.24. The Hall–Kier alpha value is -0.800. The molecular formula is C16H24BrNO. The fourth-order valence-electron chi connectivity index (χ4n) is 1.81. The third-order valence-electron chi connectivity index (χ3n) is 2.91. The van der Waals surface area contributed by atoms with E-state index in [1.165, 1.54) is 11.1 Å². The molecule has 0 saturated heterocycles. The molecule has 0 heterocycles. The largest absolute Gasteiger partial charge is 0.496 e. The standard InChI is InChI=1S/C16H24BrNO/c1-5-13(11-18-10-12(2)3)8-14-6-7-16(19-4)15(17)9-14/h6-9,12,18H,5,10-11H2,1-4H3. The predicted octanol–water partition coefficient (Wildman–Crippen LogP) is 4.50. The topological polar surface area (TPSA) is 21.3 Å². The number of benzene rings is 1. The molecular weight excluding hydrogens is 302 g/mol. The van der Waals surface area contributed by atoms with E-state index >= 15 is 0 Å². The van der Waals surface area contributed by atoms with Crippen LogP contribution in [-0.4, -0.2) is 20.2 Å². The molecule has 106 valence electrons. The SMILES string of the molecule is CCC(=Cc1ccc(OC)c(Br)c1)CNCC(C)C. The van der Waals surface area contributed by atoms with Crippen molar-refractivity contribution in [2.45, 2.75) is 27.2 Å². The van der Waals surface area contributed by atoms with Crippen molar-refractivity contribution in [2.24, 2.45) is 5.92 Å². The molecule has 0 spiro atoms. The van der Waals surface area contributed by atoms with Crippen molar-refractivity contribution in [1.29, 1.82) is 0 Å². The molecule has 3 heteroatoms. The molecule has 0 unspecified atom stereocenters. The first-order valence-corrected chi connectivity index (χ1v) is 7.59. The minimum atomic E-state index is 0.688. The van der Waals surface area contributed by atoms with Gasteiger partial charge in [-0.05, 0) is 52.5 Å². The maximum Gasteiger partial charge on any atom is 0.133 e. The van der Waals surface area contributed by atoms with Crippen LogP contribution in [0.25, 0.3) is 6.08 Å². The second-order valence-electron chi connectivity index (χ2n) is 5.07. The van der Waals surface area contributed by atoms with Crippen LogP contribution in [0, 0.1) is 5.92 Å². The zero-order chi connectivity index (χ0) is 14.3. The van der Waals surface area contributed by atoms with Crippen LogP contribution in [-0.2, 0) is 0 Å². The highest BCUT2D eigenvalue weighted by Crippen LogP contribution is 2.26. The average Bonchev–Trinajstić information content (AvgIpc) is 2.37. The first kappa shape index (κ1) is 16.3. The van der Waals surface area contributed by atoms with Crippen LogP contribution < -0.4 is 10.1 Å². The summed E-state index contributed by atoms with van der Waals surface area (Å²) >= 11 is 3.52. The fourth-order valence-corrected chi connectivity index (χ4v) is 2.37. The molecule has 1 rings (SSSR count). The highest BCUT2D eigenvalue weighted by molar-refractivity contribution is 9.10. The Bertz CT molecular complexity index is 427. The summed E-state index contributed by atoms with van der Waals surface area (Å²) in [5, 5.41) is 3.49. The Morgan fingerprint density at radius 2 is 2.16 bits per heavy atom. The van der Waals surface area contributed by atoms with E-state index in [1.807, 2.05) is 6.07 Å². The second-order valence-corrected chi connectivity index (χ2v) is 5.93. The van der Waals surface area contributed by atoms with Crippen LogP contribution in [0.1, 0.15) is 32.8 Å². The van der Waals surface area contributed by atoms with E-state index in [0.29, 0.717) is 5.92 Å². The minimum absolute atomic E-state index is 0.688. The molecule has 0 aliphatic carbocycles. The van der Waals surface area contributed by atoms with E-state index in [1.54, 1.807) is 7.11 Å². The molecule has 0 bridgehead atoms. The molecule has 1 aromatic carbocycles. The van der Waals surface area contributed by atoms with Crippen LogP contribution in [0.15, 0.2) is 28.2 Å². The van der Waals surface area contributed by atoms with Crippen LogP contribution >= 0.6 is 15.9 Å². The number of hydrogen-bond acceptors (Lipinski definition) is 2. The van der Waals surface area contributed by atoms with Gasteiger partial charge < -0.3 is 10.1 Å². The van der Waals surface area contributed by atoms with E-state index in [4.69, 9.17) is 4.74 Å². The predicted molar refractivity (Wildman–Crippen MR) is 86.7 cm³/mol. The Morgan fingerprint density at radius 1 is 1.42 bits per heavy atom. The zero-order valence-electron chi connectivity index (χ0n) is 12.3. The Morgan fingerprint density at radius 3 is 2.68 bits per heavy atom. The normalized spacial score (nSPS) is 12.0.